The van der Waals surface area contributed by atoms with Gasteiger partial charge in [-0.3, -0.25) is 4.79 Å². The number of nitriles is 1. The molecule has 0 heterocycles. The monoisotopic (exact) mass is 243 g/mol. The lowest BCUT2D eigenvalue weighted by Crippen LogP contribution is -1.98. The third kappa shape index (κ3) is 2.62. The summed E-state index contributed by atoms with van der Waals surface area (Å²) < 4.78 is 5.01. The summed E-state index contributed by atoms with van der Waals surface area (Å²) in [5.74, 6) is 0.127. The van der Waals surface area contributed by atoms with Gasteiger partial charge in [0.15, 0.2) is 12.4 Å². The Morgan fingerprint density at radius 3 is 2.67 bits per heavy atom. The number of nitrogens with zero attached hydrogens (tertiary/aromatic N) is 1. The van der Waals surface area contributed by atoms with Gasteiger partial charge < -0.3 is 4.74 Å². The maximum absolute atomic E-state index is 11.1. The van der Waals surface area contributed by atoms with Crippen molar-refractivity contribution >= 4 is 29.0 Å². The molecule has 1 aromatic carbocycles. The molecule has 0 aromatic heterocycles. The van der Waals surface area contributed by atoms with Crippen LogP contribution in [-0.2, 0) is 0 Å². The Morgan fingerprint density at radius 1 is 1.47 bits per heavy atom. The Morgan fingerprint density at radius 2 is 2.13 bits per heavy atom. The molecule has 78 valence electrons. The van der Waals surface area contributed by atoms with Crippen LogP contribution in [0.15, 0.2) is 12.1 Å². The Balaban J connectivity index is 3.11. The average Bonchev–Trinajstić information content (AvgIpc) is 2.20. The van der Waals surface area contributed by atoms with Crippen molar-refractivity contribution in [2.75, 3.05) is 6.61 Å². The Hall–Kier alpha value is -1.24. The van der Waals surface area contributed by atoms with Crippen LogP contribution in [0.1, 0.15) is 17.3 Å². The molecule has 3 nitrogen and oxygen atoms in total. The zero-order valence-electron chi connectivity index (χ0n) is 7.88. The van der Waals surface area contributed by atoms with Crippen LogP contribution >= 0.6 is 23.2 Å². The first-order chi connectivity index (χ1) is 7.07. The average molecular weight is 244 g/mol. The van der Waals surface area contributed by atoms with E-state index in [9.17, 15) is 4.79 Å². The van der Waals surface area contributed by atoms with E-state index in [1.165, 1.54) is 19.1 Å². The van der Waals surface area contributed by atoms with Crippen LogP contribution in [0.4, 0.5) is 0 Å². The summed E-state index contributed by atoms with van der Waals surface area (Å²) in [5.41, 5.74) is 0.339. The first kappa shape index (κ1) is 11.8. The Bertz CT molecular complexity index is 438. The molecule has 0 aliphatic carbocycles. The highest BCUT2D eigenvalue weighted by Gasteiger charge is 2.13. The number of ether oxygens (including phenoxy) is 1. The molecule has 0 saturated heterocycles. The third-order valence-corrected chi connectivity index (χ3v) is 2.58. The van der Waals surface area contributed by atoms with E-state index in [4.69, 9.17) is 33.2 Å². The zero-order chi connectivity index (χ0) is 11.4. The number of carbonyl (C=O) groups excluding carboxylic acids is 1. The van der Waals surface area contributed by atoms with Crippen molar-refractivity contribution in [2.24, 2.45) is 0 Å². The maximum atomic E-state index is 11.1. The third-order valence-electron chi connectivity index (χ3n) is 1.72. The molecule has 15 heavy (non-hydrogen) atoms. The van der Waals surface area contributed by atoms with Crippen LogP contribution in [0.5, 0.6) is 5.75 Å². The van der Waals surface area contributed by atoms with Crippen molar-refractivity contribution in [1.82, 2.24) is 0 Å². The molecule has 1 rings (SSSR count). The Labute approximate surface area is 97.2 Å². The highest BCUT2D eigenvalue weighted by Crippen LogP contribution is 2.34. The van der Waals surface area contributed by atoms with E-state index < -0.39 is 0 Å². The van der Waals surface area contributed by atoms with Gasteiger partial charge in [-0.15, -0.1) is 0 Å². The van der Waals surface area contributed by atoms with Crippen LogP contribution in [-0.4, -0.2) is 12.4 Å². The minimum Gasteiger partial charge on any atom is -0.477 e. The van der Waals surface area contributed by atoms with Crippen molar-refractivity contribution < 1.29 is 9.53 Å². The second-order valence-electron chi connectivity index (χ2n) is 2.74. The standard InChI is InChI=1S/C10H7Cl2NO2/c1-6(14)7-2-3-8(15-5-4-13)10(12)9(7)11/h2-3H,5H2,1H3. The number of hydrogen-bond acceptors (Lipinski definition) is 3. The number of halogens is 2. The second-order valence-corrected chi connectivity index (χ2v) is 3.50. The van der Waals surface area contributed by atoms with Gasteiger partial charge in [0, 0.05) is 5.56 Å². The van der Waals surface area contributed by atoms with E-state index in [2.05, 4.69) is 0 Å². The van der Waals surface area contributed by atoms with Crippen molar-refractivity contribution in [1.29, 1.82) is 5.26 Å². The van der Waals surface area contributed by atoms with Gasteiger partial charge in [0.2, 0.25) is 0 Å². The summed E-state index contributed by atoms with van der Waals surface area (Å²) in [6, 6.07) is 4.84. The smallest absolute Gasteiger partial charge is 0.174 e. The summed E-state index contributed by atoms with van der Waals surface area (Å²) in [7, 11) is 0. The van der Waals surface area contributed by atoms with Gasteiger partial charge in [-0.1, -0.05) is 23.2 Å². The largest absolute Gasteiger partial charge is 0.477 e. The minimum atomic E-state index is -0.172. The SMILES string of the molecule is CC(=O)c1ccc(OCC#N)c(Cl)c1Cl. The van der Waals surface area contributed by atoms with E-state index in [0.717, 1.165) is 0 Å². The summed E-state index contributed by atoms with van der Waals surface area (Å²) in [6.45, 7) is 1.28. The van der Waals surface area contributed by atoms with Gasteiger partial charge in [0.1, 0.15) is 16.8 Å². The molecule has 0 unspecified atom stereocenters. The molecule has 0 radical (unpaired) electrons. The molecule has 0 fully saturated rings. The fourth-order valence-corrected chi connectivity index (χ4v) is 1.53. The lowest BCUT2D eigenvalue weighted by atomic mass is 10.1. The summed E-state index contributed by atoms with van der Waals surface area (Å²) in [4.78, 5) is 11.1. The van der Waals surface area contributed by atoms with Gasteiger partial charge in [0.05, 0.1) is 5.02 Å². The van der Waals surface area contributed by atoms with Gasteiger partial charge in [-0.25, -0.2) is 0 Å². The summed E-state index contributed by atoms with van der Waals surface area (Å²) >= 11 is 11.7. The topological polar surface area (TPSA) is 50.1 Å². The van der Waals surface area contributed by atoms with Gasteiger partial charge in [0.25, 0.3) is 0 Å². The fourth-order valence-electron chi connectivity index (χ4n) is 1.03. The lowest BCUT2D eigenvalue weighted by Gasteiger charge is -2.07. The van der Waals surface area contributed by atoms with E-state index in [1.54, 1.807) is 0 Å². The molecular weight excluding hydrogens is 237 g/mol. The molecule has 0 aliphatic heterocycles. The highest BCUT2D eigenvalue weighted by atomic mass is 35.5. The van der Waals surface area contributed by atoms with Crippen molar-refractivity contribution in [2.45, 2.75) is 6.92 Å². The molecule has 0 bridgehead atoms. The quantitative estimate of drug-likeness (QED) is 0.767. The zero-order valence-corrected chi connectivity index (χ0v) is 9.39. The number of carbonyl (C=O) groups is 1. The van der Waals surface area contributed by atoms with Crippen molar-refractivity contribution in [3.8, 4) is 11.8 Å². The van der Waals surface area contributed by atoms with Crippen LogP contribution in [0, 0.1) is 11.3 Å². The number of hydrogen-bond donors (Lipinski definition) is 0. The Kier molecular flexibility index (Phi) is 3.96. The fraction of sp³-hybridized carbons (Fsp3) is 0.200. The molecule has 0 N–H and O–H groups in total. The van der Waals surface area contributed by atoms with Crippen LogP contribution in [0.3, 0.4) is 0 Å². The number of ketones is 1. The molecule has 0 amide bonds. The summed E-state index contributed by atoms with van der Waals surface area (Å²) in [6.07, 6.45) is 0. The predicted octanol–water partition coefficient (Wildman–Crippen LogP) is 3.10. The minimum absolute atomic E-state index is 0.116. The summed E-state index contributed by atoms with van der Waals surface area (Å²) in [5, 5.41) is 8.63. The van der Waals surface area contributed by atoms with Crippen molar-refractivity contribution in [3.05, 3.63) is 27.7 Å². The first-order valence-electron chi connectivity index (χ1n) is 4.06. The van der Waals surface area contributed by atoms with Gasteiger partial charge in [-0.2, -0.15) is 5.26 Å². The number of benzene rings is 1. The van der Waals surface area contributed by atoms with E-state index in [-0.39, 0.29) is 22.4 Å². The highest BCUT2D eigenvalue weighted by molar-refractivity contribution is 6.44. The lowest BCUT2D eigenvalue weighted by molar-refractivity contribution is 0.101. The molecule has 0 saturated carbocycles. The second kappa shape index (κ2) is 5.01. The van der Waals surface area contributed by atoms with E-state index >= 15 is 0 Å². The predicted molar refractivity (Wildman–Crippen MR) is 57.6 cm³/mol. The molecule has 0 aliphatic rings. The number of rotatable bonds is 3. The maximum Gasteiger partial charge on any atom is 0.174 e. The number of Topliss-reactive ketones (excluding diaryl/α,β-unsaturated/α-hetero) is 1. The molecule has 1 aromatic rings. The molecule has 5 heteroatoms. The molecular formula is C10H7Cl2NO2. The van der Waals surface area contributed by atoms with Crippen LogP contribution < -0.4 is 4.74 Å². The molecule has 0 spiro atoms. The van der Waals surface area contributed by atoms with Crippen LogP contribution in [0.25, 0.3) is 0 Å². The van der Waals surface area contributed by atoms with Crippen LogP contribution in [0.2, 0.25) is 10.0 Å². The van der Waals surface area contributed by atoms with Crippen molar-refractivity contribution in [3.63, 3.8) is 0 Å². The normalized spacial score (nSPS) is 9.47. The van der Waals surface area contributed by atoms with Gasteiger partial charge >= 0.3 is 0 Å². The van der Waals surface area contributed by atoms with Gasteiger partial charge in [-0.05, 0) is 19.1 Å². The van der Waals surface area contributed by atoms with E-state index in [1.807, 2.05) is 6.07 Å². The van der Waals surface area contributed by atoms with E-state index in [0.29, 0.717) is 11.3 Å². The molecule has 0 atom stereocenters. The first-order valence-corrected chi connectivity index (χ1v) is 4.82.